The third-order valence-electron chi connectivity index (χ3n) is 5.11. The fourth-order valence-corrected chi connectivity index (χ4v) is 5.44. The number of fused-ring (bicyclic) bond motifs is 3. The maximum absolute atomic E-state index is 13.4. The van der Waals surface area contributed by atoms with Gasteiger partial charge in [-0.3, -0.25) is 14.2 Å². The first-order chi connectivity index (χ1) is 16.5. The van der Waals surface area contributed by atoms with E-state index in [1.54, 1.807) is 23.8 Å². The van der Waals surface area contributed by atoms with E-state index >= 15 is 0 Å². The second kappa shape index (κ2) is 11.0. The Balaban J connectivity index is 1.59. The van der Waals surface area contributed by atoms with E-state index < -0.39 is 0 Å². The predicted octanol–water partition coefficient (Wildman–Crippen LogP) is 5.17. The summed E-state index contributed by atoms with van der Waals surface area (Å²) in [5, 5.41) is 4.36. The number of aromatic nitrogens is 2. The van der Waals surface area contributed by atoms with E-state index in [0.717, 1.165) is 10.1 Å². The normalized spacial score (nSPS) is 11.4. The number of thiophene rings is 1. The monoisotopic (exact) mass is 497 g/mol. The van der Waals surface area contributed by atoms with Crippen LogP contribution in [0.4, 0.5) is 5.69 Å². The second-order valence-electron chi connectivity index (χ2n) is 7.97. The van der Waals surface area contributed by atoms with E-state index in [0.29, 0.717) is 46.4 Å². The van der Waals surface area contributed by atoms with Gasteiger partial charge in [-0.1, -0.05) is 36.0 Å². The lowest BCUT2D eigenvalue weighted by Crippen LogP contribution is -2.24. The number of hydrogen-bond donors (Lipinski definition) is 1. The largest absolute Gasteiger partial charge is 0.497 e. The van der Waals surface area contributed by atoms with Crippen molar-refractivity contribution in [3.8, 4) is 5.75 Å². The molecule has 0 unspecified atom stereocenters. The van der Waals surface area contributed by atoms with Crippen molar-refractivity contribution in [3.63, 3.8) is 0 Å². The highest BCUT2D eigenvalue weighted by atomic mass is 32.2. The molecule has 4 aromatic rings. The Labute approximate surface area is 206 Å². The Kier molecular flexibility index (Phi) is 7.87. The van der Waals surface area contributed by atoms with E-state index in [4.69, 9.17) is 14.5 Å². The minimum atomic E-state index is -0.183. The molecule has 4 rings (SSSR count). The molecule has 2 aromatic carbocycles. The number of carbonyl (C=O) groups is 1. The first-order valence-corrected chi connectivity index (χ1v) is 12.9. The van der Waals surface area contributed by atoms with Crippen molar-refractivity contribution in [3.05, 3.63) is 58.9 Å². The Morgan fingerprint density at radius 2 is 2.03 bits per heavy atom. The van der Waals surface area contributed by atoms with Crippen LogP contribution < -0.4 is 15.6 Å². The number of thioether (sulfide) groups is 1. The van der Waals surface area contributed by atoms with Crippen LogP contribution in [0.3, 0.4) is 0 Å². The molecule has 34 heavy (non-hydrogen) atoms. The molecule has 0 saturated heterocycles. The zero-order valence-corrected chi connectivity index (χ0v) is 21.0. The first kappa shape index (κ1) is 24.3. The minimum Gasteiger partial charge on any atom is -0.497 e. The third-order valence-corrected chi connectivity index (χ3v) is 7.23. The maximum Gasteiger partial charge on any atom is 0.272 e. The molecule has 2 aromatic heterocycles. The molecular weight excluding hydrogens is 470 g/mol. The van der Waals surface area contributed by atoms with Gasteiger partial charge in [0, 0.05) is 35.0 Å². The molecule has 1 amide bonds. The van der Waals surface area contributed by atoms with Crippen LogP contribution in [0.1, 0.15) is 20.3 Å². The molecule has 2 heterocycles. The van der Waals surface area contributed by atoms with Gasteiger partial charge < -0.3 is 14.8 Å². The zero-order chi connectivity index (χ0) is 24.1. The molecule has 0 atom stereocenters. The molecule has 9 heteroatoms. The van der Waals surface area contributed by atoms with Gasteiger partial charge in [0.2, 0.25) is 5.91 Å². The SMILES string of the molecule is COc1cccc(NC(=O)CSc2nc3c(sc4ccccc43)c(=O)n2CCCOC(C)C)c1. The summed E-state index contributed by atoms with van der Waals surface area (Å²) in [7, 11) is 1.58. The topological polar surface area (TPSA) is 82.5 Å². The second-order valence-corrected chi connectivity index (χ2v) is 9.96. The van der Waals surface area contributed by atoms with Gasteiger partial charge in [0.15, 0.2) is 5.16 Å². The Morgan fingerprint density at radius 3 is 2.82 bits per heavy atom. The van der Waals surface area contributed by atoms with Crippen LogP contribution >= 0.6 is 23.1 Å². The highest BCUT2D eigenvalue weighted by Gasteiger charge is 2.17. The molecule has 178 valence electrons. The maximum atomic E-state index is 13.4. The zero-order valence-electron chi connectivity index (χ0n) is 19.4. The average Bonchev–Trinajstić information content (AvgIpc) is 3.20. The van der Waals surface area contributed by atoms with Crippen molar-refractivity contribution in [2.45, 2.75) is 38.1 Å². The summed E-state index contributed by atoms with van der Waals surface area (Å²) in [6.07, 6.45) is 0.814. The molecule has 1 N–H and O–H groups in total. The van der Waals surface area contributed by atoms with Gasteiger partial charge in [-0.05, 0) is 38.5 Å². The standard InChI is InChI=1S/C25H27N3O4S2/c1-16(2)32-13-7-12-28-24(30)23-22(19-10-4-5-11-20(19)34-23)27-25(28)33-15-21(29)26-17-8-6-9-18(14-17)31-3/h4-6,8-11,14,16H,7,12-13,15H2,1-3H3,(H,26,29). The van der Waals surface area contributed by atoms with Crippen molar-refractivity contribution >= 4 is 55.0 Å². The Hall–Kier alpha value is -2.88. The quantitative estimate of drug-likeness (QED) is 0.185. The minimum absolute atomic E-state index is 0.0774. The first-order valence-electron chi connectivity index (χ1n) is 11.1. The fraction of sp³-hybridized carbons (Fsp3) is 0.320. The Bertz CT molecular complexity index is 1360. The van der Waals surface area contributed by atoms with E-state index in [-0.39, 0.29) is 23.3 Å². The van der Waals surface area contributed by atoms with Gasteiger partial charge in [-0.15, -0.1) is 11.3 Å². The lowest BCUT2D eigenvalue weighted by molar-refractivity contribution is -0.113. The molecule has 7 nitrogen and oxygen atoms in total. The number of nitrogens with one attached hydrogen (secondary N) is 1. The third kappa shape index (κ3) is 5.60. The molecule has 0 aliphatic heterocycles. The van der Waals surface area contributed by atoms with E-state index in [1.165, 1.54) is 23.1 Å². The van der Waals surface area contributed by atoms with E-state index in [1.807, 2.05) is 50.2 Å². The molecule has 0 aliphatic rings. The van der Waals surface area contributed by atoms with Crippen LogP contribution in [-0.4, -0.2) is 41.0 Å². The lowest BCUT2D eigenvalue weighted by atomic mass is 10.2. The lowest BCUT2D eigenvalue weighted by Gasteiger charge is -2.13. The van der Waals surface area contributed by atoms with Crippen LogP contribution in [0.25, 0.3) is 20.3 Å². The van der Waals surface area contributed by atoms with Crippen LogP contribution in [0, 0.1) is 0 Å². The summed E-state index contributed by atoms with van der Waals surface area (Å²) in [5.74, 6) is 0.608. The van der Waals surface area contributed by atoms with Crippen molar-refractivity contribution in [2.24, 2.45) is 0 Å². The van der Waals surface area contributed by atoms with Gasteiger partial charge in [0.25, 0.3) is 5.56 Å². The van der Waals surface area contributed by atoms with Crippen LogP contribution in [-0.2, 0) is 16.1 Å². The van der Waals surface area contributed by atoms with E-state index in [9.17, 15) is 9.59 Å². The average molecular weight is 498 g/mol. The van der Waals surface area contributed by atoms with Crippen molar-refractivity contribution in [1.29, 1.82) is 0 Å². The molecule has 0 fully saturated rings. The van der Waals surface area contributed by atoms with Gasteiger partial charge >= 0.3 is 0 Å². The fourth-order valence-electron chi connectivity index (χ4n) is 3.53. The number of anilines is 1. The molecule has 0 aliphatic carbocycles. The molecular formula is C25H27N3O4S2. The van der Waals surface area contributed by atoms with Crippen molar-refractivity contribution in [1.82, 2.24) is 9.55 Å². The van der Waals surface area contributed by atoms with Gasteiger partial charge in [0.05, 0.1) is 24.5 Å². The molecule has 0 saturated carbocycles. The number of nitrogens with zero attached hydrogens (tertiary/aromatic N) is 2. The number of carbonyl (C=O) groups excluding carboxylic acids is 1. The summed E-state index contributed by atoms with van der Waals surface area (Å²) in [4.78, 5) is 30.9. The number of amides is 1. The van der Waals surface area contributed by atoms with E-state index in [2.05, 4.69) is 5.32 Å². The van der Waals surface area contributed by atoms with Crippen molar-refractivity contribution in [2.75, 3.05) is 24.8 Å². The Morgan fingerprint density at radius 1 is 1.21 bits per heavy atom. The number of rotatable bonds is 10. The summed E-state index contributed by atoms with van der Waals surface area (Å²) in [6.45, 7) is 5.00. The van der Waals surface area contributed by atoms with Crippen LogP contribution in [0.15, 0.2) is 58.5 Å². The summed E-state index contributed by atoms with van der Waals surface area (Å²) < 4.78 is 14.2. The highest BCUT2D eigenvalue weighted by molar-refractivity contribution is 7.99. The van der Waals surface area contributed by atoms with Crippen LogP contribution in [0.2, 0.25) is 0 Å². The number of ether oxygens (including phenoxy) is 2. The molecule has 0 spiro atoms. The van der Waals surface area contributed by atoms with Gasteiger partial charge in [0.1, 0.15) is 10.4 Å². The van der Waals surface area contributed by atoms with Gasteiger partial charge in [-0.2, -0.15) is 0 Å². The highest BCUT2D eigenvalue weighted by Crippen LogP contribution is 2.32. The number of methoxy groups -OCH3 is 1. The van der Waals surface area contributed by atoms with Crippen molar-refractivity contribution < 1.29 is 14.3 Å². The molecule has 0 bridgehead atoms. The summed E-state index contributed by atoms with van der Waals surface area (Å²) in [6, 6.07) is 15.1. The van der Waals surface area contributed by atoms with Gasteiger partial charge in [-0.25, -0.2) is 4.98 Å². The number of benzene rings is 2. The van der Waals surface area contributed by atoms with Crippen LogP contribution in [0.5, 0.6) is 5.75 Å². The number of hydrogen-bond acceptors (Lipinski definition) is 7. The smallest absolute Gasteiger partial charge is 0.272 e. The summed E-state index contributed by atoms with van der Waals surface area (Å²) >= 11 is 2.72. The molecule has 0 radical (unpaired) electrons. The summed E-state index contributed by atoms with van der Waals surface area (Å²) in [5.41, 5.74) is 1.27. The predicted molar refractivity (Wildman–Crippen MR) is 139 cm³/mol.